The molecule has 0 saturated heterocycles. The number of hydrogen-bond acceptors (Lipinski definition) is 2. The fourth-order valence-electron chi connectivity index (χ4n) is 2.13. The lowest BCUT2D eigenvalue weighted by molar-refractivity contribution is 0.104. The number of rotatable bonds is 2. The molecule has 0 spiro atoms. The first-order valence-corrected chi connectivity index (χ1v) is 7.55. The Hall–Kier alpha value is -1.39. The van der Waals surface area contributed by atoms with Gasteiger partial charge in [0.25, 0.3) is 0 Å². The van der Waals surface area contributed by atoms with Gasteiger partial charge < -0.3 is 4.98 Å². The molecular weight excluding hydrogens is 322 g/mol. The molecule has 19 heavy (non-hydrogen) atoms. The first-order valence-electron chi connectivity index (χ1n) is 5.94. The van der Waals surface area contributed by atoms with Crippen LogP contribution in [0.1, 0.15) is 26.4 Å². The summed E-state index contributed by atoms with van der Waals surface area (Å²) in [4.78, 5) is 16.5. The van der Waals surface area contributed by atoms with Gasteiger partial charge in [-0.25, -0.2) is 0 Å². The minimum absolute atomic E-state index is 0.0793. The standard InChI is InChI=1S/C15H12BrNOS/c1-8-3-4-12-10(5-8)11(7-17-12)14(18)13-6-9(2)15(16)19-13/h3-7,17H,1-2H3. The first kappa shape index (κ1) is 12.6. The number of H-pyrrole nitrogens is 1. The van der Waals surface area contributed by atoms with Gasteiger partial charge >= 0.3 is 0 Å². The third-order valence-corrected chi connectivity index (χ3v) is 5.30. The van der Waals surface area contributed by atoms with Gasteiger partial charge in [0.15, 0.2) is 0 Å². The number of aromatic nitrogens is 1. The minimum atomic E-state index is 0.0793. The molecule has 96 valence electrons. The molecule has 0 radical (unpaired) electrons. The van der Waals surface area contributed by atoms with E-state index in [-0.39, 0.29) is 5.78 Å². The molecule has 1 N–H and O–H groups in total. The highest BCUT2D eigenvalue weighted by atomic mass is 79.9. The number of aromatic amines is 1. The van der Waals surface area contributed by atoms with Gasteiger partial charge in [-0.05, 0) is 53.5 Å². The summed E-state index contributed by atoms with van der Waals surface area (Å²) in [6.45, 7) is 4.03. The second-order valence-electron chi connectivity index (χ2n) is 4.65. The van der Waals surface area contributed by atoms with Crippen molar-refractivity contribution in [2.45, 2.75) is 13.8 Å². The maximum absolute atomic E-state index is 12.6. The van der Waals surface area contributed by atoms with Gasteiger partial charge in [0.2, 0.25) is 5.78 Å². The number of benzene rings is 1. The molecule has 0 aliphatic carbocycles. The average Bonchev–Trinajstić information content (AvgIpc) is 2.93. The lowest BCUT2D eigenvalue weighted by Crippen LogP contribution is -1.97. The van der Waals surface area contributed by atoms with Gasteiger partial charge in [-0.1, -0.05) is 11.6 Å². The van der Waals surface area contributed by atoms with Crippen molar-refractivity contribution in [1.82, 2.24) is 4.98 Å². The smallest absolute Gasteiger partial charge is 0.205 e. The van der Waals surface area contributed by atoms with E-state index in [0.29, 0.717) is 0 Å². The largest absolute Gasteiger partial charge is 0.360 e. The number of halogens is 1. The Balaban J connectivity index is 2.13. The molecule has 0 fully saturated rings. The Kier molecular flexibility index (Phi) is 3.07. The highest BCUT2D eigenvalue weighted by molar-refractivity contribution is 9.11. The Bertz CT molecular complexity index is 765. The highest BCUT2D eigenvalue weighted by Gasteiger charge is 2.17. The Morgan fingerprint density at radius 3 is 2.74 bits per heavy atom. The van der Waals surface area contributed by atoms with Crippen molar-refractivity contribution in [3.05, 3.63) is 55.8 Å². The SMILES string of the molecule is Cc1ccc2[nH]cc(C(=O)c3cc(C)c(Br)s3)c2c1. The van der Waals surface area contributed by atoms with Crippen LogP contribution in [0.2, 0.25) is 0 Å². The number of nitrogens with one attached hydrogen (secondary N) is 1. The molecule has 0 aliphatic heterocycles. The molecule has 3 rings (SSSR count). The molecule has 4 heteroatoms. The zero-order valence-electron chi connectivity index (χ0n) is 10.6. The van der Waals surface area contributed by atoms with Crippen LogP contribution in [-0.4, -0.2) is 10.8 Å². The summed E-state index contributed by atoms with van der Waals surface area (Å²) in [5, 5.41) is 0.993. The van der Waals surface area contributed by atoms with Gasteiger partial charge in [0, 0.05) is 22.7 Å². The summed E-state index contributed by atoms with van der Waals surface area (Å²) >= 11 is 4.95. The van der Waals surface area contributed by atoms with Crippen LogP contribution in [0.15, 0.2) is 34.2 Å². The molecule has 0 atom stereocenters. The van der Waals surface area contributed by atoms with E-state index in [1.54, 1.807) is 6.20 Å². The van der Waals surface area contributed by atoms with Crippen LogP contribution in [0.25, 0.3) is 10.9 Å². The molecule has 0 unspecified atom stereocenters. The Morgan fingerprint density at radius 2 is 2.05 bits per heavy atom. The maximum atomic E-state index is 12.6. The van der Waals surface area contributed by atoms with Crippen molar-refractivity contribution < 1.29 is 4.79 Å². The van der Waals surface area contributed by atoms with Crippen molar-refractivity contribution in [2.75, 3.05) is 0 Å². The molecule has 3 aromatic rings. The fraction of sp³-hybridized carbons (Fsp3) is 0.133. The van der Waals surface area contributed by atoms with E-state index >= 15 is 0 Å². The third kappa shape index (κ3) is 2.15. The second kappa shape index (κ2) is 4.62. The summed E-state index contributed by atoms with van der Waals surface area (Å²) in [5.41, 5.74) is 4.00. The highest BCUT2D eigenvalue weighted by Crippen LogP contribution is 2.30. The normalized spacial score (nSPS) is 11.1. The predicted molar refractivity (Wildman–Crippen MR) is 83.2 cm³/mol. The second-order valence-corrected chi connectivity index (χ2v) is 7.02. The third-order valence-electron chi connectivity index (χ3n) is 3.16. The van der Waals surface area contributed by atoms with Gasteiger partial charge in [0.1, 0.15) is 0 Å². The monoisotopic (exact) mass is 333 g/mol. The van der Waals surface area contributed by atoms with Crippen molar-refractivity contribution in [3.8, 4) is 0 Å². The molecule has 0 amide bonds. The number of carbonyl (C=O) groups excluding carboxylic acids is 1. The fourth-order valence-corrected chi connectivity index (χ4v) is 3.62. The molecule has 2 nitrogen and oxygen atoms in total. The number of carbonyl (C=O) groups is 1. The van der Waals surface area contributed by atoms with Crippen LogP contribution >= 0.6 is 27.3 Å². The van der Waals surface area contributed by atoms with E-state index < -0.39 is 0 Å². The van der Waals surface area contributed by atoms with E-state index in [4.69, 9.17) is 0 Å². The van der Waals surface area contributed by atoms with E-state index in [1.807, 2.05) is 32.0 Å². The average molecular weight is 334 g/mol. The van der Waals surface area contributed by atoms with Crippen LogP contribution in [0.3, 0.4) is 0 Å². The summed E-state index contributed by atoms with van der Waals surface area (Å²) in [5.74, 6) is 0.0793. The summed E-state index contributed by atoms with van der Waals surface area (Å²) in [7, 11) is 0. The van der Waals surface area contributed by atoms with E-state index in [2.05, 4.69) is 27.0 Å². The molecule has 1 aromatic carbocycles. The molecule has 0 saturated carbocycles. The van der Waals surface area contributed by atoms with Crippen molar-refractivity contribution in [1.29, 1.82) is 0 Å². The Labute approximate surface area is 123 Å². The number of aryl methyl sites for hydroxylation is 2. The lowest BCUT2D eigenvalue weighted by atomic mass is 10.1. The van der Waals surface area contributed by atoms with Gasteiger partial charge in [-0.2, -0.15) is 0 Å². The van der Waals surface area contributed by atoms with Crippen LogP contribution < -0.4 is 0 Å². The topological polar surface area (TPSA) is 32.9 Å². The number of hydrogen-bond donors (Lipinski definition) is 1. The zero-order chi connectivity index (χ0) is 13.6. The molecule has 0 aliphatic rings. The molecular formula is C15H12BrNOS. The number of fused-ring (bicyclic) bond motifs is 1. The van der Waals surface area contributed by atoms with Gasteiger partial charge in [-0.3, -0.25) is 4.79 Å². The van der Waals surface area contributed by atoms with Crippen LogP contribution in [0.4, 0.5) is 0 Å². The van der Waals surface area contributed by atoms with Crippen LogP contribution in [-0.2, 0) is 0 Å². The van der Waals surface area contributed by atoms with Crippen molar-refractivity contribution in [2.24, 2.45) is 0 Å². The van der Waals surface area contributed by atoms with E-state index in [9.17, 15) is 4.79 Å². The number of ketones is 1. The van der Waals surface area contributed by atoms with Crippen LogP contribution in [0, 0.1) is 13.8 Å². The first-order chi connectivity index (χ1) is 9.06. The molecule has 0 bridgehead atoms. The summed E-state index contributed by atoms with van der Waals surface area (Å²) in [6, 6.07) is 8.04. The zero-order valence-corrected chi connectivity index (χ0v) is 13.0. The van der Waals surface area contributed by atoms with Crippen molar-refractivity contribution in [3.63, 3.8) is 0 Å². The van der Waals surface area contributed by atoms with Gasteiger partial charge in [0.05, 0.1) is 8.66 Å². The lowest BCUT2D eigenvalue weighted by Gasteiger charge is -1.97. The molecule has 2 aromatic heterocycles. The quantitative estimate of drug-likeness (QED) is 0.668. The van der Waals surface area contributed by atoms with Crippen LogP contribution in [0.5, 0.6) is 0 Å². The summed E-state index contributed by atoms with van der Waals surface area (Å²) < 4.78 is 1.02. The summed E-state index contributed by atoms with van der Waals surface area (Å²) in [6.07, 6.45) is 1.80. The minimum Gasteiger partial charge on any atom is -0.360 e. The van der Waals surface area contributed by atoms with Gasteiger partial charge in [-0.15, -0.1) is 11.3 Å². The maximum Gasteiger partial charge on any atom is 0.205 e. The van der Waals surface area contributed by atoms with E-state index in [1.165, 1.54) is 11.3 Å². The molecule has 2 heterocycles. The van der Waals surface area contributed by atoms with Crippen molar-refractivity contribution >= 4 is 44.0 Å². The predicted octanol–water partition coefficient (Wildman–Crippen LogP) is 4.84. The van der Waals surface area contributed by atoms with E-state index in [0.717, 1.165) is 36.3 Å². The Morgan fingerprint density at radius 1 is 1.26 bits per heavy atom. The number of thiophene rings is 1.